The van der Waals surface area contributed by atoms with Gasteiger partial charge in [-0.05, 0) is 29.9 Å². The van der Waals surface area contributed by atoms with Crippen molar-refractivity contribution in [1.82, 2.24) is 0 Å². The molecule has 1 nitrogen and oxygen atoms in total. The first-order valence-corrected chi connectivity index (χ1v) is 6.01. The molecule has 0 aliphatic carbocycles. The molecule has 0 amide bonds. The molecule has 0 aliphatic heterocycles. The van der Waals surface area contributed by atoms with E-state index < -0.39 is 17.4 Å². The molecule has 0 spiro atoms. The highest BCUT2D eigenvalue weighted by Crippen LogP contribution is 2.27. The van der Waals surface area contributed by atoms with Crippen LogP contribution in [0.25, 0.3) is 5.57 Å². The number of rotatable bonds is 4. The lowest BCUT2D eigenvalue weighted by atomic mass is 9.95. The highest BCUT2D eigenvalue weighted by atomic mass is 19.1. The van der Waals surface area contributed by atoms with E-state index in [1.165, 1.54) is 42.5 Å². The first-order chi connectivity index (χ1) is 9.63. The molecule has 0 N–H and O–H groups in total. The van der Waals surface area contributed by atoms with Crippen molar-refractivity contribution < 1.29 is 13.6 Å². The van der Waals surface area contributed by atoms with Crippen molar-refractivity contribution in [3.8, 4) is 0 Å². The van der Waals surface area contributed by atoms with E-state index in [4.69, 9.17) is 0 Å². The summed E-state index contributed by atoms with van der Waals surface area (Å²) < 4.78 is 27.8. The minimum atomic E-state index is -0.515. The van der Waals surface area contributed by atoms with Crippen LogP contribution in [0.1, 0.15) is 11.1 Å². The third-order valence-electron chi connectivity index (χ3n) is 2.82. The van der Waals surface area contributed by atoms with Gasteiger partial charge in [-0.2, -0.15) is 0 Å². The van der Waals surface area contributed by atoms with Gasteiger partial charge in [-0.15, -0.1) is 0 Å². The van der Waals surface area contributed by atoms with E-state index >= 15 is 0 Å². The van der Waals surface area contributed by atoms with Gasteiger partial charge in [0, 0.05) is 11.1 Å². The number of carbonyl (C=O) groups excluding carboxylic acids is 1. The summed E-state index contributed by atoms with van der Waals surface area (Å²) in [7, 11) is 0. The molecule has 0 aliphatic rings. The molecule has 2 aromatic rings. The van der Waals surface area contributed by atoms with Crippen LogP contribution in [-0.2, 0) is 4.79 Å². The summed E-state index contributed by atoms with van der Waals surface area (Å²) in [6, 6.07) is 11.9. The van der Waals surface area contributed by atoms with Gasteiger partial charge < -0.3 is 0 Å². The molecule has 0 unspecified atom stereocenters. The Kier molecular flexibility index (Phi) is 4.20. The SMILES string of the molecule is C=CC(=O)C=C(c1ccccc1F)c1ccccc1F. The zero-order valence-corrected chi connectivity index (χ0v) is 10.6. The number of benzene rings is 2. The van der Waals surface area contributed by atoms with Gasteiger partial charge in [0.25, 0.3) is 0 Å². The minimum Gasteiger partial charge on any atom is -0.290 e. The molecule has 0 aromatic heterocycles. The molecule has 0 atom stereocenters. The summed E-state index contributed by atoms with van der Waals surface area (Å²) in [6.45, 7) is 3.36. The first-order valence-electron chi connectivity index (χ1n) is 6.01. The lowest BCUT2D eigenvalue weighted by Crippen LogP contribution is -1.98. The molecule has 0 radical (unpaired) electrons. The number of ketones is 1. The van der Waals surface area contributed by atoms with Crippen molar-refractivity contribution in [3.05, 3.63) is 90.0 Å². The predicted molar refractivity (Wildman–Crippen MR) is 75.1 cm³/mol. The van der Waals surface area contributed by atoms with E-state index in [2.05, 4.69) is 6.58 Å². The van der Waals surface area contributed by atoms with Crippen LogP contribution in [0.5, 0.6) is 0 Å². The highest BCUT2D eigenvalue weighted by Gasteiger charge is 2.14. The Hall–Kier alpha value is -2.55. The highest BCUT2D eigenvalue weighted by molar-refractivity contribution is 6.06. The average molecular weight is 270 g/mol. The number of hydrogen-bond donors (Lipinski definition) is 0. The molecular formula is C17H12F2O. The molecule has 0 heterocycles. The minimum absolute atomic E-state index is 0.174. The van der Waals surface area contributed by atoms with E-state index in [0.29, 0.717) is 0 Å². The van der Waals surface area contributed by atoms with Gasteiger partial charge in [-0.1, -0.05) is 43.0 Å². The maximum atomic E-state index is 13.9. The van der Waals surface area contributed by atoms with E-state index in [1.54, 1.807) is 12.1 Å². The maximum absolute atomic E-state index is 13.9. The Bertz CT molecular complexity index is 639. The fourth-order valence-corrected chi connectivity index (χ4v) is 1.86. The molecule has 2 aromatic carbocycles. The Morgan fingerprint density at radius 2 is 1.35 bits per heavy atom. The molecule has 100 valence electrons. The van der Waals surface area contributed by atoms with Crippen LogP contribution in [0.3, 0.4) is 0 Å². The predicted octanol–water partition coefficient (Wildman–Crippen LogP) is 4.15. The van der Waals surface area contributed by atoms with Crippen molar-refractivity contribution in [2.24, 2.45) is 0 Å². The second-order valence-electron chi connectivity index (χ2n) is 4.12. The molecule has 3 heteroatoms. The fraction of sp³-hybridized carbons (Fsp3) is 0. The Balaban J connectivity index is 2.67. The lowest BCUT2D eigenvalue weighted by Gasteiger charge is -2.10. The van der Waals surface area contributed by atoms with Gasteiger partial charge in [0.1, 0.15) is 11.6 Å². The van der Waals surface area contributed by atoms with Crippen molar-refractivity contribution in [1.29, 1.82) is 0 Å². The van der Waals surface area contributed by atoms with Crippen LogP contribution in [0.15, 0.2) is 67.3 Å². The van der Waals surface area contributed by atoms with Gasteiger partial charge in [0.05, 0.1) is 0 Å². The van der Waals surface area contributed by atoms with Crippen molar-refractivity contribution >= 4 is 11.4 Å². The van der Waals surface area contributed by atoms with Crippen LogP contribution >= 0.6 is 0 Å². The number of hydrogen-bond acceptors (Lipinski definition) is 1. The summed E-state index contributed by atoms with van der Waals surface area (Å²) in [5.41, 5.74) is 0.548. The van der Waals surface area contributed by atoms with Crippen LogP contribution in [0.2, 0.25) is 0 Å². The topological polar surface area (TPSA) is 17.1 Å². The quantitative estimate of drug-likeness (QED) is 0.763. The standard InChI is InChI=1S/C17H12F2O/c1-2-12(20)11-15(13-7-3-5-9-16(13)18)14-8-4-6-10-17(14)19/h2-11H,1H2. The third kappa shape index (κ3) is 2.88. The lowest BCUT2D eigenvalue weighted by molar-refractivity contribution is -0.110. The van der Waals surface area contributed by atoms with Crippen LogP contribution in [0.4, 0.5) is 8.78 Å². The molecule has 0 bridgehead atoms. The maximum Gasteiger partial charge on any atom is 0.178 e. The Labute approximate surface area is 115 Å². The summed E-state index contributed by atoms with van der Waals surface area (Å²) in [6.07, 6.45) is 2.28. The number of allylic oxidation sites excluding steroid dienone is 2. The van der Waals surface area contributed by atoms with E-state index in [0.717, 1.165) is 6.08 Å². The summed E-state index contributed by atoms with van der Waals surface area (Å²) in [5, 5.41) is 0. The molecule has 20 heavy (non-hydrogen) atoms. The van der Waals surface area contributed by atoms with Gasteiger partial charge >= 0.3 is 0 Å². The smallest absolute Gasteiger partial charge is 0.178 e. The fourth-order valence-electron chi connectivity index (χ4n) is 1.86. The van der Waals surface area contributed by atoms with E-state index in [9.17, 15) is 13.6 Å². The summed E-state index contributed by atoms with van der Waals surface area (Å²) in [5.74, 6) is -1.44. The zero-order valence-electron chi connectivity index (χ0n) is 10.6. The van der Waals surface area contributed by atoms with Gasteiger partial charge in [0.15, 0.2) is 5.78 Å². The summed E-state index contributed by atoms with van der Waals surface area (Å²) in [4.78, 5) is 11.6. The van der Waals surface area contributed by atoms with Crippen LogP contribution in [0, 0.1) is 11.6 Å². The second kappa shape index (κ2) is 6.06. The molecule has 0 saturated carbocycles. The van der Waals surface area contributed by atoms with E-state index in [-0.39, 0.29) is 16.7 Å². The first kappa shape index (κ1) is 13.9. The normalized spacial score (nSPS) is 9.90. The van der Waals surface area contributed by atoms with Gasteiger partial charge in [-0.25, -0.2) is 8.78 Å². The van der Waals surface area contributed by atoms with Crippen LogP contribution < -0.4 is 0 Å². The zero-order chi connectivity index (χ0) is 14.5. The Morgan fingerprint density at radius 1 is 0.900 bits per heavy atom. The monoisotopic (exact) mass is 270 g/mol. The third-order valence-corrected chi connectivity index (χ3v) is 2.82. The summed E-state index contributed by atoms with van der Waals surface area (Å²) >= 11 is 0. The largest absolute Gasteiger partial charge is 0.290 e. The van der Waals surface area contributed by atoms with Crippen molar-refractivity contribution in [2.45, 2.75) is 0 Å². The molecule has 0 saturated heterocycles. The van der Waals surface area contributed by atoms with Crippen molar-refractivity contribution in [2.75, 3.05) is 0 Å². The average Bonchev–Trinajstić information content (AvgIpc) is 2.46. The number of carbonyl (C=O) groups is 1. The van der Waals surface area contributed by atoms with Gasteiger partial charge in [-0.3, -0.25) is 4.79 Å². The second-order valence-corrected chi connectivity index (χ2v) is 4.12. The van der Waals surface area contributed by atoms with Crippen molar-refractivity contribution in [3.63, 3.8) is 0 Å². The van der Waals surface area contributed by atoms with E-state index in [1.807, 2.05) is 0 Å². The molecule has 0 fully saturated rings. The molecule has 2 rings (SSSR count). The number of halogens is 2. The molecular weight excluding hydrogens is 258 g/mol. The van der Waals surface area contributed by atoms with Crippen LogP contribution in [-0.4, -0.2) is 5.78 Å². The Morgan fingerprint density at radius 3 is 1.75 bits per heavy atom. The van der Waals surface area contributed by atoms with Gasteiger partial charge in [0.2, 0.25) is 0 Å².